The minimum absolute atomic E-state index is 0.605. The van der Waals surface area contributed by atoms with Gasteiger partial charge in [0.25, 0.3) is 0 Å². The largest absolute Gasteiger partial charge is 0.399 e. The molecule has 1 heterocycles. The molecule has 0 radical (unpaired) electrons. The first-order valence-corrected chi connectivity index (χ1v) is 7.01. The van der Waals surface area contributed by atoms with Gasteiger partial charge in [-0.15, -0.1) is 11.3 Å². The van der Waals surface area contributed by atoms with Gasteiger partial charge in [0.15, 0.2) is 0 Å². The molecule has 2 N–H and O–H groups in total. The van der Waals surface area contributed by atoms with Crippen LogP contribution in [0.15, 0.2) is 34.1 Å². The quantitative estimate of drug-likeness (QED) is 0.879. The lowest BCUT2D eigenvalue weighted by Gasteiger charge is -2.19. The molecular formula is C13H12BrN3S. The first-order valence-electron chi connectivity index (χ1n) is 5.34. The predicted molar refractivity (Wildman–Crippen MR) is 79.7 cm³/mol. The number of hydrogen-bond acceptors (Lipinski definition) is 4. The van der Waals surface area contributed by atoms with Gasteiger partial charge in [0.2, 0.25) is 0 Å². The Morgan fingerprint density at radius 3 is 2.83 bits per heavy atom. The van der Waals surface area contributed by atoms with Crippen LogP contribution in [0.4, 0.5) is 11.4 Å². The summed E-state index contributed by atoms with van der Waals surface area (Å²) in [7, 11) is 1.97. The minimum atomic E-state index is 0.605. The smallest absolute Gasteiger partial charge is 0.101 e. The van der Waals surface area contributed by atoms with Gasteiger partial charge < -0.3 is 10.6 Å². The Bertz CT molecular complexity index is 601. The van der Waals surface area contributed by atoms with E-state index in [0.717, 1.165) is 16.7 Å². The number of rotatable bonds is 3. The van der Waals surface area contributed by atoms with E-state index in [9.17, 15) is 0 Å². The third-order valence-electron chi connectivity index (χ3n) is 2.57. The highest BCUT2D eigenvalue weighted by Crippen LogP contribution is 2.26. The molecular weight excluding hydrogens is 310 g/mol. The number of anilines is 2. The fourth-order valence-electron chi connectivity index (χ4n) is 1.73. The highest BCUT2D eigenvalue weighted by molar-refractivity contribution is 9.10. The number of nitrogen functional groups attached to an aromatic ring is 1. The van der Waals surface area contributed by atoms with Gasteiger partial charge in [-0.1, -0.05) is 0 Å². The maximum atomic E-state index is 9.12. The SMILES string of the molecule is CN(Cc1cc(Br)cs1)c1ccc(N)cc1C#N. The molecule has 0 unspecified atom stereocenters. The number of halogens is 1. The summed E-state index contributed by atoms with van der Waals surface area (Å²) in [5.41, 5.74) is 7.80. The lowest BCUT2D eigenvalue weighted by Crippen LogP contribution is -2.16. The third-order valence-corrected chi connectivity index (χ3v) is 4.25. The van der Waals surface area contributed by atoms with Crippen LogP contribution in [-0.2, 0) is 6.54 Å². The number of nitrogens with two attached hydrogens (primary N) is 1. The van der Waals surface area contributed by atoms with E-state index in [1.165, 1.54) is 4.88 Å². The van der Waals surface area contributed by atoms with Crippen LogP contribution >= 0.6 is 27.3 Å². The Labute approximate surface area is 119 Å². The van der Waals surface area contributed by atoms with Gasteiger partial charge in [0, 0.05) is 27.5 Å². The van der Waals surface area contributed by atoms with Crippen molar-refractivity contribution in [3.05, 3.63) is 44.6 Å². The molecule has 0 saturated heterocycles. The van der Waals surface area contributed by atoms with Gasteiger partial charge in [-0.3, -0.25) is 0 Å². The van der Waals surface area contributed by atoms with Crippen LogP contribution in [0.2, 0.25) is 0 Å². The van der Waals surface area contributed by atoms with E-state index >= 15 is 0 Å². The van der Waals surface area contributed by atoms with Crippen LogP contribution in [0.25, 0.3) is 0 Å². The van der Waals surface area contributed by atoms with Gasteiger partial charge in [0.1, 0.15) is 6.07 Å². The van der Waals surface area contributed by atoms with Crippen molar-refractivity contribution in [2.75, 3.05) is 17.7 Å². The fraction of sp³-hybridized carbons (Fsp3) is 0.154. The highest BCUT2D eigenvalue weighted by Gasteiger charge is 2.09. The van der Waals surface area contributed by atoms with E-state index in [2.05, 4.69) is 38.3 Å². The lowest BCUT2D eigenvalue weighted by atomic mass is 10.1. The predicted octanol–water partition coefficient (Wildman–Crippen LogP) is 3.60. The van der Waals surface area contributed by atoms with E-state index in [-0.39, 0.29) is 0 Å². The van der Waals surface area contributed by atoms with Crippen molar-refractivity contribution in [1.82, 2.24) is 0 Å². The summed E-state index contributed by atoms with van der Waals surface area (Å²) in [5.74, 6) is 0. The molecule has 1 aromatic heterocycles. The van der Waals surface area contributed by atoms with Gasteiger partial charge in [-0.05, 0) is 40.2 Å². The second kappa shape index (κ2) is 5.42. The summed E-state index contributed by atoms with van der Waals surface area (Å²) in [6, 6.07) is 9.68. The van der Waals surface area contributed by atoms with Crippen LogP contribution in [0.3, 0.4) is 0 Å². The molecule has 0 atom stereocenters. The van der Waals surface area contributed by atoms with E-state index in [4.69, 9.17) is 11.0 Å². The molecule has 0 bridgehead atoms. The first-order chi connectivity index (χ1) is 8.60. The normalized spacial score (nSPS) is 10.1. The van der Waals surface area contributed by atoms with Crippen molar-refractivity contribution in [2.24, 2.45) is 0 Å². The second-order valence-electron chi connectivity index (χ2n) is 3.98. The summed E-state index contributed by atoms with van der Waals surface area (Å²) in [6.07, 6.45) is 0. The molecule has 0 aliphatic rings. The number of thiophene rings is 1. The summed E-state index contributed by atoms with van der Waals surface area (Å²) in [5, 5.41) is 11.2. The molecule has 18 heavy (non-hydrogen) atoms. The van der Waals surface area contributed by atoms with E-state index in [1.54, 1.807) is 17.4 Å². The molecule has 5 heteroatoms. The maximum absolute atomic E-state index is 9.12. The molecule has 0 spiro atoms. The first kappa shape index (κ1) is 12.9. The fourth-order valence-corrected chi connectivity index (χ4v) is 3.24. The average molecular weight is 322 g/mol. The standard InChI is InChI=1S/C13H12BrN3S/c1-17(7-12-5-10(14)8-18-12)13-3-2-11(16)4-9(13)6-15/h2-5,8H,7,16H2,1H3. The molecule has 0 fully saturated rings. The van der Waals surface area contributed by atoms with Gasteiger partial charge in [-0.25, -0.2) is 0 Å². The maximum Gasteiger partial charge on any atom is 0.101 e. The van der Waals surface area contributed by atoms with Crippen molar-refractivity contribution in [3.8, 4) is 6.07 Å². The van der Waals surface area contributed by atoms with Crippen LogP contribution in [0.1, 0.15) is 10.4 Å². The summed E-state index contributed by atoms with van der Waals surface area (Å²) >= 11 is 5.13. The van der Waals surface area contributed by atoms with Gasteiger partial charge >= 0.3 is 0 Å². The summed E-state index contributed by atoms with van der Waals surface area (Å²) in [4.78, 5) is 3.29. The molecule has 2 aromatic rings. The number of nitriles is 1. The molecule has 2 rings (SSSR count). The molecule has 0 amide bonds. The molecule has 0 aliphatic carbocycles. The van der Waals surface area contributed by atoms with E-state index in [0.29, 0.717) is 11.3 Å². The number of nitrogens with zero attached hydrogens (tertiary/aromatic N) is 2. The van der Waals surface area contributed by atoms with Crippen molar-refractivity contribution in [1.29, 1.82) is 5.26 Å². The monoisotopic (exact) mass is 321 g/mol. The van der Waals surface area contributed by atoms with E-state index < -0.39 is 0 Å². The van der Waals surface area contributed by atoms with Crippen molar-refractivity contribution >= 4 is 38.6 Å². The number of benzene rings is 1. The lowest BCUT2D eigenvalue weighted by molar-refractivity contribution is 0.938. The van der Waals surface area contributed by atoms with Crippen LogP contribution in [0.5, 0.6) is 0 Å². The van der Waals surface area contributed by atoms with Gasteiger partial charge in [-0.2, -0.15) is 5.26 Å². The van der Waals surface area contributed by atoms with Crippen LogP contribution < -0.4 is 10.6 Å². The summed E-state index contributed by atoms with van der Waals surface area (Å²) in [6.45, 7) is 0.773. The average Bonchev–Trinajstić information content (AvgIpc) is 2.74. The van der Waals surface area contributed by atoms with Crippen LogP contribution in [0, 0.1) is 11.3 Å². The Kier molecular flexibility index (Phi) is 3.90. The molecule has 0 aliphatic heterocycles. The second-order valence-corrected chi connectivity index (χ2v) is 5.89. The molecule has 3 nitrogen and oxygen atoms in total. The zero-order valence-corrected chi connectivity index (χ0v) is 12.3. The summed E-state index contributed by atoms with van der Waals surface area (Å²) < 4.78 is 1.09. The Hall–Kier alpha value is -1.51. The van der Waals surface area contributed by atoms with Crippen molar-refractivity contribution in [3.63, 3.8) is 0 Å². The Balaban J connectivity index is 2.24. The topological polar surface area (TPSA) is 53.0 Å². The third kappa shape index (κ3) is 2.84. The Morgan fingerprint density at radius 1 is 1.44 bits per heavy atom. The minimum Gasteiger partial charge on any atom is -0.399 e. The van der Waals surface area contributed by atoms with Gasteiger partial charge in [0.05, 0.1) is 17.8 Å². The molecule has 1 aromatic carbocycles. The zero-order valence-electron chi connectivity index (χ0n) is 9.85. The number of hydrogen-bond donors (Lipinski definition) is 1. The highest BCUT2D eigenvalue weighted by atomic mass is 79.9. The van der Waals surface area contributed by atoms with Crippen LogP contribution in [-0.4, -0.2) is 7.05 Å². The zero-order chi connectivity index (χ0) is 13.1. The van der Waals surface area contributed by atoms with E-state index in [1.807, 2.05) is 19.2 Å². The van der Waals surface area contributed by atoms with Crippen molar-refractivity contribution < 1.29 is 0 Å². The molecule has 92 valence electrons. The molecule has 0 saturated carbocycles. The van der Waals surface area contributed by atoms with Crippen molar-refractivity contribution in [2.45, 2.75) is 6.54 Å². The Morgan fingerprint density at radius 2 is 2.22 bits per heavy atom.